The number of fused-ring (bicyclic) bond motifs is 1. The van der Waals surface area contributed by atoms with Gasteiger partial charge in [-0.1, -0.05) is 24.3 Å². The molecule has 1 aliphatic heterocycles. The predicted octanol–water partition coefficient (Wildman–Crippen LogP) is 1.90. The maximum absolute atomic E-state index is 11.0. The SMILES string of the molecule is Cc1ccccc1-c1nc2n(n1)CCC(C(=O)O)C2. The van der Waals surface area contributed by atoms with E-state index in [1.54, 1.807) is 0 Å². The fourth-order valence-corrected chi connectivity index (χ4v) is 2.45. The van der Waals surface area contributed by atoms with Gasteiger partial charge in [-0.2, -0.15) is 5.10 Å². The Morgan fingerprint density at radius 1 is 1.42 bits per heavy atom. The van der Waals surface area contributed by atoms with E-state index in [0.717, 1.165) is 17.0 Å². The number of hydrogen-bond acceptors (Lipinski definition) is 3. The number of hydrogen-bond donors (Lipinski definition) is 1. The maximum atomic E-state index is 11.0. The summed E-state index contributed by atoms with van der Waals surface area (Å²) in [7, 11) is 0. The fourth-order valence-electron chi connectivity index (χ4n) is 2.45. The predicted molar refractivity (Wildman–Crippen MR) is 69.6 cm³/mol. The van der Waals surface area contributed by atoms with Crippen molar-refractivity contribution in [1.82, 2.24) is 14.8 Å². The van der Waals surface area contributed by atoms with Gasteiger partial charge in [0.15, 0.2) is 5.82 Å². The minimum absolute atomic E-state index is 0.332. The van der Waals surface area contributed by atoms with E-state index in [0.29, 0.717) is 25.2 Å². The molecule has 1 aromatic heterocycles. The van der Waals surface area contributed by atoms with Crippen molar-refractivity contribution in [2.75, 3.05) is 0 Å². The zero-order valence-corrected chi connectivity index (χ0v) is 10.7. The minimum Gasteiger partial charge on any atom is -0.481 e. The molecule has 2 heterocycles. The van der Waals surface area contributed by atoms with Crippen molar-refractivity contribution in [3.8, 4) is 11.4 Å². The van der Waals surface area contributed by atoms with Crippen molar-refractivity contribution < 1.29 is 9.90 Å². The van der Waals surface area contributed by atoms with E-state index < -0.39 is 5.97 Å². The van der Waals surface area contributed by atoms with Gasteiger partial charge in [0.2, 0.25) is 0 Å². The molecule has 0 bridgehead atoms. The first-order valence-electron chi connectivity index (χ1n) is 6.37. The van der Waals surface area contributed by atoms with Crippen LogP contribution in [0.25, 0.3) is 11.4 Å². The summed E-state index contributed by atoms with van der Waals surface area (Å²) < 4.78 is 1.83. The number of nitrogens with zero attached hydrogens (tertiary/aromatic N) is 3. The maximum Gasteiger partial charge on any atom is 0.307 e. The van der Waals surface area contributed by atoms with Gasteiger partial charge in [0.05, 0.1) is 5.92 Å². The van der Waals surface area contributed by atoms with Gasteiger partial charge in [-0.15, -0.1) is 0 Å². The molecule has 1 N–H and O–H groups in total. The van der Waals surface area contributed by atoms with E-state index in [-0.39, 0.29) is 5.92 Å². The summed E-state index contributed by atoms with van der Waals surface area (Å²) in [4.78, 5) is 15.5. The van der Waals surface area contributed by atoms with Gasteiger partial charge >= 0.3 is 5.97 Å². The molecular formula is C14H15N3O2. The Balaban J connectivity index is 1.96. The van der Waals surface area contributed by atoms with E-state index in [4.69, 9.17) is 5.11 Å². The third-order valence-electron chi connectivity index (χ3n) is 3.60. The van der Waals surface area contributed by atoms with Crippen LogP contribution in [0.5, 0.6) is 0 Å². The molecule has 1 unspecified atom stereocenters. The zero-order chi connectivity index (χ0) is 13.4. The molecule has 0 aliphatic carbocycles. The van der Waals surface area contributed by atoms with Crippen LogP contribution < -0.4 is 0 Å². The largest absolute Gasteiger partial charge is 0.481 e. The van der Waals surface area contributed by atoms with Gasteiger partial charge in [-0.3, -0.25) is 4.79 Å². The summed E-state index contributed by atoms with van der Waals surface area (Å²) in [6.07, 6.45) is 1.09. The van der Waals surface area contributed by atoms with Crippen LogP contribution in [0.4, 0.5) is 0 Å². The third-order valence-corrected chi connectivity index (χ3v) is 3.60. The molecule has 0 saturated carbocycles. The summed E-state index contributed by atoms with van der Waals surface area (Å²) in [5.41, 5.74) is 2.14. The van der Waals surface area contributed by atoms with Crippen molar-refractivity contribution in [3.05, 3.63) is 35.7 Å². The van der Waals surface area contributed by atoms with Crippen molar-refractivity contribution >= 4 is 5.97 Å². The summed E-state index contributed by atoms with van der Waals surface area (Å²) >= 11 is 0. The summed E-state index contributed by atoms with van der Waals surface area (Å²) in [5, 5.41) is 13.6. The lowest BCUT2D eigenvalue weighted by atomic mass is 9.98. The van der Waals surface area contributed by atoms with E-state index in [2.05, 4.69) is 10.1 Å². The zero-order valence-electron chi connectivity index (χ0n) is 10.7. The second-order valence-corrected chi connectivity index (χ2v) is 4.92. The molecule has 98 valence electrons. The number of aromatic nitrogens is 3. The lowest BCUT2D eigenvalue weighted by Crippen LogP contribution is -2.26. The monoisotopic (exact) mass is 257 g/mol. The van der Waals surface area contributed by atoms with E-state index in [1.807, 2.05) is 35.9 Å². The van der Waals surface area contributed by atoms with Crippen LogP contribution in [-0.4, -0.2) is 25.8 Å². The van der Waals surface area contributed by atoms with Crippen LogP contribution in [0.3, 0.4) is 0 Å². The number of aliphatic carboxylic acids is 1. The summed E-state index contributed by atoms with van der Waals surface area (Å²) in [6.45, 7) is 2.65. The van der Waals surface area contributed by atoms with Gasteiger partial charge in [-0.05, 0) is 18.9 Å². The second-order valence-electron chi connectivity index (χ2n) is 4.92. The Kier molecular flexibility index (Phi) is 2.81. The molecule has 0 saturated heterocycles. The highest BCUT2D eigenvalue weighted by Gasteiger charge is 2.27. The van der Waals surface area contributed by atoms with Crippen molar-refractivity contribution in [2.24, 2.45) is 5.92 Å². The Morgan fingerprint density at radius 2 is 2.21 bits per heavy atom. The first-order valence-corrected chi connectivity index (χ1v) is 6.37. The van der Waals surface area contributed by atoms with Crippen LogP contribution in [0.15, 0.2) is 24.3 Å². The molecule has 1 atom stereocenters. The van der Waals surface area contributed by atoms with Crippen LogP contribution in [-0.2, 0) is 17.8 Å². The number of carboxylic acids is 1. The Labute approximate surface area is 110 Å². The minimum atomic E-state index is -0.744. The van der Waals surface area contributed by atoms with Gasteiger partial charge in [0.25, 0.3) is 0 Å². The van der Waals surface area contributed by atoms with Crippen LogP contribution in [0, 0.1) is 12.8 Å². The smallest absolute Gasteiger partial charge is 0.307 e. The summed E-state index contributed by atoms with van der Waals surface area (Å²) in [6, 6.07) is 7.96. The molecule has 0 fully saturated rings. The Hall–Kier alpha value is -2.17. The number of aryl methyl sites for hydroxylation is 2. The van der Waals surface area contributed by atoms with Crippen molar-refractivity contribution in [2.45, 2.75) is 26.3 Å². The molecule has 5 nitrogen and oxygen atoms in total. The average molecular weight is 257 g/mol. The molecule has 2 aromatic rings. The van der Waals surface area contributed by atoms with Crippen LogP contribution in [0.1, 0.15) is 17.8 Å². The average Bonchev–Trinajstić information content (AvgIpc) is 2.81. The van der Waals surface area contributed by atoms with Crippen LogP contribution >= 0.6 is 0 Å². The fraction of sp³-hybridized carbons (Fsp3) is 0.357. The first kappa shape index (κ1) is 11.9. The topological polar surface area (TPSA) is 68.0 Å². The number of carboxylic acid groups (broad SMARTS) is 1. The van der Waals surface area contributed by atoms with Gasteiger partial charge in [-0.25, -0.2) is 9.67 Å². The number of benzene rings is 1. The number of rotatable bonds is 2. The molecular weight excluding hydrogens is 242 g/mol. The van der Waals surface area contributed by atoms with Gasteiger partial charge in [0, 0.05) is 18.5 Å². The first-order chi connectivity index (χ1) is 9.15. The highest BCUT2D eigenvalue weighted by molar-refractivity contribution is 5.70. The molecule has 3 rings (SSSR count). The molecule has 1 aliphatic rings. The lowest BCUT2D eigenvalue weighted by Gasteiger charge is -2.17. The van der Waals surface area contributed by atoms with E-state index >= 15 is 0 Å². The van der Waals surface area contributed by atoms with Crippen molar-refractivity contribution in [1.29, 1.82) is 0 Å². The highest BCUT2D eigenvalue weighted by atomic mass is 16.4. The van der Waals surface area contributed by atoms with Gasteiger partial charge in [0.1, 0.15) is 5.82 Å². The molecule has 0 spiro atoms. The molecule has 5 heteroatoms. The molecule has 19 heavy (non-hydrogen) atoms. The third kappa shape index (κ3) is 2.12. The molecule has 0 radical (unpaired) electrons. The molecule has 1 aromatic carbocycles. The standard InChI is InChI=1S/C14H15N3O2/c1-9-4-2-3-5-11(9)13-15-12-8-10(14(18)19)6-7-17(12)16-13/h2-5,10H,6-8H2,1H3,(H,18,19). The highest BCUT2D eigenvalue weighted by Crippen LogP contribution is 2.24. The summed E-state index contributed by atoms with van der Waals surface area (Å²) in [5.74, 6) is 0.393. The van der Waals surface area contributed by atoms with Crippen molar-refractivity contribution in [3.63, 3.8) is 0 Å². The Bertz CT molecular complexity index is 633. The van der Waals surface area contributed by atoms with E-state index in [1.165, 1.54) is 0 Å². The van der Waals surface area contributed by atoms with Crippen LogP contribution in [0.2, 0.25) is 0 Å². The second kappa shape index (κ2) is 4.50. The Morgan fingerprint density at radius 3 is 2.95 bits per heavy atom. The lowest BCUT2D eigenvalue weighted by molar-refractivity contribution is -0.142. The normalized spacial score (nSPS) is 18.1. The number of carbonyl (C=O) groups is 1. The molecule has 0 amide bonds. The quantitative estimate of drug-likeness (QED) is 0.892. The van der Waals surface area contributed by atoms with Gasteiger partial charge < -0.3 is 5.11 Å². The van der Waals surface area contributed by atoms with E-state index in [9.17, 15) is 4.79 Å².